The molecule has 0 unspecified atom stereocenters. The molecule has 7 heteroatoms. The summed E-state index contributed by atoms with van der Waals surface area (Å²) in [7, 11) is 0. The number of hydrogen-bond acceptors (Lipinski definition) is 5. The third-order valence-corrected chi connectivity index (χ3v) is 5.03. The van der Waals surface area contributed by atoms with Crippen LogP contribution in [0.3, 0.4) is 0 Å². The van der Waals surface area contributed by atoms with Crippen molar-refractivity contribution in [3.63, 3.8) is 0 Å². The first-order valence-corrected chi connectivity index (χ1v) is 8.75. The van der Waals surface area contributed by atoms with Gasteiger partial charge in [-0.3, -0.25) is 10.1 Å². The van der Waals surface area contributed by atoms with Crippen molar-refractivity contribution in [2.75, 3.05) is 26.2 Å². The smallest absolute Gasteiger partial charge is 0.321 e. The number of likely N-dealkylation sites (N-methyl/N-ethyl adjacent to an activating group) is 1. The molecule has 1 heterocycles. The van der Waals surface area contributed by atoms with Gasteiger partial charge in [0.1, 0.15) is 0 Å². The Hall–Kier alpha value is -1.47. The molecule has 1 aromatic rings. The van der Waals surface area contributed by atoms with Gasteiger partial charge in [0.2, 0.25) is 0 Å². The van der Waals surface area contributed by atoms with E-state index in [0.717, 1.165) is 51.0 Å². The van der Waals surface area contributed by atoms with E-state index < -0.39 is 11.9 Å². The quantitative estimate of drug-likeness (QED) is 0.837. The fraction of sp³-hybridized carbons (Fsp3) is 0.667. The predicted octanol–water partition coefficient (Wildman–Crippen LogP) is 1.80. The zero-order valence-corrected chi connectivity index (χ0v) is 14.1. The Balaban J connectivity index is 1.79. The first-order chi connectivity index (χ1) is 10.6. The maximum Gasteiger partial charge on any atom is 0.321 e. The van der Waals surface area contributed by atoms with Crippen LogP contribution in [0, 0.1) is 0 Å². The standard InChI is InChI=1S/C15H24N4O2S/c1-3-19(4-2)10-9-16-15(21)18-13(20)14-17-11-7-5-6-8-12(11)22-14/h3-10H2,1-2H3,(H2,16,18,20,21). The lowest BCUT2D eigenvalue weighted by atomic mass is 10.0. The average molecular weight is 324 g/mol. The number of fused-ring (bicyclic) bond motifs is 1. The van der Waals surface area contributed by atoms with Gasteiger partial charge in [0, 0.05) is 18.0 Å². The zero-order chi connectivity index (χ0) is 15.9. The molecule has 0 spiro atoms. The van der Waals surface area contributed by atoms with Crippen LogP contribution in [0.2, 0.25) is 0 Å². The van der Waals surface area contributed by atoms with Crippen molar-refractivity contribution in [1.82, 2.24) is 20.5 Å². The van der Waals surface area contributed by atoms with Crippen LogP contribution in [0.4, 0.5) is 4.79 Å². The summed E-state index contributed by atoms with van der Waals surface area (Å²) in [5.41, 5.74) is 1.03. The minimum Gasteiger partial charge on any atom is -0.337 e. The van der Waals surface area contributed by atoms with E-state index in [0.29, 0.717) is 11.6 Å². The van der Waals surface area contributed by atoms with Crippen LogP contribution in [-0.2, 0) is 12.8 Å². The second-order valence-electron chi connectivity index (χ2n) is 5.33. The molecule has 0 atom stereocenters. The number of amides is 3. The molecule has 0 saturated carbocycles. The Morgan fingerprint density at radius 2 is 1.95 bits per heavy atom. The van der Waals surface area contributed by atoms with Gasteiger partial charge >= 0.3 is 6.03 Å². The van der Waals surface area contributed by atoms with Gasteiger partial charge in [-0.05, 0) is 38.8 Å². The van der Waals surface area contributed by atoms with Crippen LogP contribution in [-0.4, -0.2) is 48.0 Å². The Morgan fingerprint density at radius 3 is 2.64 bits per heavy atom. The summed E-state index contributed by atoms with van der Waals surface area (Å²) in [6, 6.07) is -0.453. The van der Waals surface area contributed by atoms with Crippen molar-refractivity contribution in [1.29, 1.82) is 0 Å². The number of hydrogen-bond donors (Lipinski definition) is 2. The van der Waals surface area contributed by atoms with Crippen molar-refractivity contribution >= 4 is 23.3 Å². The SMILES string of the molecule is CCN(CC)CCNC(=O)NC(=O)c1nc2c(s1)CCCC2. The number of imide groups is 1. The summed E-state index contributed by atoms with van der Waals surface area (Å²) in [5.74, 6) is -0.403. The van der Waals surface area contributed by atoms with Gasteiger partial charge in [-0.25, -0.2) is 9.78 Å². The highest BCUT2D eigenvalue weighted by Gasteiger charge is 2.20. The summed E-state index contributed by atoms with van der Waals surface area (Å²) < 4.78 is 0. The normalized spacial score (nSPS) is 13.8. The molecular weight excluding hydrogens is 300 g/mol. The molecule has 6 nitrogen and oxygen atoms in total. The average Bonchev–Trinajstić information content (AvgIpc) is 2.95. The van der Waals surface area contributed by atoms with E-state index in [1.54, 1.807) is 0 Å². The van der Waals surface area contributed by atoms with E-state index >= 15 is 0 Å². The molecule has 0 aliphatic heterocycles. The lowest BCUT2D eigenvalue weighted by Crippen LogP contribution is -2.42. The molecule has 3 amide bonds. The molecule has 0 saturated heterocycles. The first-order valence-electron chi connectivity index (χ1n) is 7.94. The molecule has 1 aromatic heterocycles. The molecule has 22 heavy (non-hydrogen) atoms. The van der Waals surface area contributed by atoms with E-state index in [-0.39, 0.29) is 0 Å². The van der Waals surface area contributed by atoms with Crippen molar-refractivity contribution in [3.05, 3.63) is 15.6 Å². The Morgan fingerprint density at radius 1 is 1.23 bits per heavy atom. The lowest BCUT2D eigenvalue weighted by Gasteiger charge is -2.17. The summed E-state index contributed by atoms with van der Waals surface area (Å²) in [4.78, 5) is 31.5. The van der Waals surface area contributed by atoms with Crippen LogP contribution in [0.5, 0.6) is 0 Å². The third kappa shape index (κ3) is 4.51. The zero-order valence-electron chi connectivity index (χ0n) is 13.3. The van der Waals surface area contributed by atoms with Crippen molar-refractivity contribution in [2.24, 2.45) is 0 Å². The van der Waals surface area contributed by atoms with Gasteiger partial charge in [0.15, 0.2) is 5.01 Å². The van der Waals surface area contributed by atoms with Crippen LogP contribution < -0.4 is 10.6 Å². The number of aryl methyl sites for hydroxylation is 2. The van der Waals surface area contributed by atoms with E-state index in [9.17, 15) is 9.59 Å². The fourth-order valence-electron chi connectivity index (χ4n) is 2.52. The number of rotatable bonds is 6. The summed E-state index contributed by atoms with van der Waals surface area (Å²) in [6.45, 7) is 7.36. The summed E-state index contributed by atoms with van der Waals surface area (Å²) >= 11 is 1.41. The predicted molar refractivity (Wildman–Crippen MR) is 87.4 cm³/mol. The molecule has 2 rings (SSSR count). The fourth-order valence-corrected chi connectivity index (χ4v) is 3.56. The van der Waals surface area contributed by atoms with Gasteiger partial charge < -0.3 is 10.2 Å². The van der Waals surface area contributed by atoms with Gasteiger partial charge in [0.05, 0.1) is 5.69 Å². The van der Waals surface area contributed by atoms with Crippen LogP contribution in [0.15, 0.2) is 0 Å². The molecule has 2 N–H and O–H groups in total. The van der Waals surface area contributed by atoms with Gasteiger partial charge in [-0.15, -0.1) is 11.3 Å². The molecule has 122 valence electrons. The lowest BCUT2D eigenvalue weighted by molar-refractivity contribution is 0.0963. The minimum absolute atomic E-state index is 0.394. The first kappa shape index (κ1) is 16.9. The van der Waals surface area contributed by atoms with Crippen LogP contribution >= 0.6 is 11.3 Å². The summed E-state index contributed by atoms with van der Waals surface area (Å²) in [6.07, 6.45) is 4.22. The number of urea groups is 1. The second-order valence-corrected chi connectivity index (χ2v) is 6.42. The number of thiazole rings is 1. The van der Waals surface area contributed by atoms with E-state index in [4.69, 9.17) is 0 Å². The number of carbonyl (C=O) groups is 2. The number of aromatic nitrogens is 1. The van der Waals surface area contributed by atoms with Crippen molar-refractivity contribution < 1.29 is 9.59 Å². The Labute approximate surface area is 135 Å². The minimum atomic E-state index is -0.453. The molecule has 1 aliphatic carbocycles. The topological polar surface area (TPSA) is 74.3 Å². The van der Waals surface area contributed by atoms with Crippen molar-refractivity contribution in [3.8, 4) is 0 Å². The molecular formula is C15H24N4O2S. The third-order valence-electron chi connectivity index (χ3n) is 3.87. The molecule has 1 aliphatic rings. The van der Waals surface area contributed by atoms with E-state index in [2.05, 4.69) is 34.4 Å². The maximum atomic E-state index is 12.0. The van der Waals surface area contributed by atoms with E-state index in [1.807, 2.05) is 0 Å². The monoisotopic (exact) mass is 324 g/mol. The van der Waals surface area contributed by atoms with Crippen LogP contribution in [0.1, 0.15) is 47.1 Å². The van der Waals surface area contributed by atoms with Gasteiger partial charge in [-0.1, -0.05) is 13.8 Å². The Bertz CT molecular complexity index is 502. The molecule has 0 radical (unpaired) electrons. The number of nitrogens with one attached hydrogen (secondary N) is 2. The highest BCUT2D eigenvalue weighted by Crippen LogP contribution is 2.26. The van der Waals surface area contributed by atoms with Crippen molar-refractivity contribution in [2.45, 2.75) is 39.5 Å². The second kappa shape index (κ2) is 8.24. The molecule has 0 fully saturated rings. The maximum absolute atomic E-state index is 12.0. The van der Waals surface area contributed by atoms with Crippen LogP contribution in [0.25, 0.3) is 0 Å². The molecule has 0 aromatic carbocycles. The highest BCUT2D eigenvalue weighted by atomic mass is 32.1. The van der Waals surface area contributed by atoms with E-state index in [1.165, 1.54) is 16.2 Å². The van der Waals surface area contributed by atoms with Gasteiger partial charge in [-0.2, -0.15) is 0 Å². The highest BCUT2D eigenvalue weighted by molar-refractivity contribution is 7.13. The largest absolute Gasteiger partial charge is 0.337 e. The molecule has 0 bridgehead atoms. The number of carbonyl (C=O) groups excluding carboxylic acids is 2. The van der Waals surface area contributed by atoms with Gasteiger partial charge in [0.25, 0.3) is 5.91 Å². The Kier molecular flexibility index (Phi) is 6.33. The number of nitrogens with zero attached hydrogens (tertiary/aromatic N) is 2. The summed E-state index contributed by atoms with van der Waals surface area (Å²) in [5, 5.41) is 5.46.